The summed E-state index contributed by atoms with van der Waals surface area (Å²) in [5, 5.41) is 2.76. The Kier molecular flexibility index (Phi) is 6.38. The molecule has 2 aromatic carbocycles. The molecule has 0 aromatic heterocycles. The van der Waals surface area contributed by atoms with Crippen molar-refractivity contribution in [3.8, 4) is 5.75 Å². The lowest BCUT2D eigenvalue weighted by Gasteiger charge is -2.20. The van der Waals surface area contributed by atoms with E-state index in [4.69, 9.17) is 4.74 Å². The number of ether oxygens (including phenoxy) is 1. The quantitative estimate of drug-likeness (QED) is 0.737. The Hall–Kier alpha value is -2.91. The van der Waals surface area contributed by atoms with Crippen molar-refractivity contribution in [3.63, 3.8) is 0 Å². The maximum absolute atomic E-state index is 12.9. The van der Waals surface area contributed by atoms with Crippen LogP contribution >= 0.6 is 0 Å². The van der Waals surface area contributed by atoms with Gasteiger partial charge in [0, 0.05) is 32.7 Å². The van der Waals surface area contributed by atoms with Gasteiger partial charge in [0.1, 0.15) is 5.75 Å². The van der Waals surface area contributed by atoms with Gasteiger partial charge < -0.3 is 15.0 Å². The summed E-state index contributed by atoms with van der Waals surface area (Å²) < 4.78 is 31.6. The molecular weight excluding hydrogens is 418 g/mol. The Morgan fingerprint density at radius 1 is 1.16 bits per heavy atom. The summed E-state index contributed by atoms with van der Waals surface area (Å²) in [5.41, 5.74) is 2.57. The average molecular weight is 446 g/mol. The van der Waals surface area contributed by atoms with Crippen LogP contribution in [0.25, 0.3) is 0 Å². The first kappa shape index (κ1) is 22.8. The van der Waals surface area contributed by atoms with Gasteiger partial charge in [0.2, 0.25) is 21.8 Å². The number of nitrogens with one attached hydrogen (secondary N) is 1. The molecule has 1 atom stereocenters. The van der Waals surface area contributed by atoms with Crippen molar-refractivity contribution in [3.05, 3.63) is 47.5 Å². The van der Waals surface area contributed by atoms with Crippen LogP contribution in [0.2, 0.25) is 0 Å². The maximum atomic E-state index is 12.9. The van der Waals surface area contributed by atoms with Gasteiger partial charge in [-0.15, -0.1) is 0 Å². The summed E-state index contributed by atoms with van der Waals surface area (Å²) >= 11 is 0. The third-order valence-electron chi connectivity index (χ3n) is 5.34. The van der Waals surface area contributed by atoms with E-state index in [2.05, 4.69) is 5.32 Å². The normalized spacial score (nSPS) is 16.6. The third kappa shape index (κ3) is 4.57. The highest BCUT2D eigenvalue weighted by atomic mass is 32.2. The van der Waals surface area contributed by atoms with E-state index >= 15 is 0 Å². The topological polar surface area (TPSA) is 96.0 Å². The van der Waals surface area contributed by atoms with Gasteiger partial charge >= 0.3 is 0 Å². The average Bonchev–Trinajstić information content (AvgIpc) is 3.10. The number of nitrogens with zero attached hydrogens (tertiary/aromatic N) is 2. The number of benzene rings is 2. The van der Waals surface area contributed by atoms with Gasteiger partial charge in [0.15, 0.2) is 0 Å². The lowest BCUT2D eigenvalue weighted by molar-refractivity contribution is -0.122. The SMILES string of the molecule is COc1ccc(C)cc1N1CC(C(=O)Nc2ccc(C)c(S(=O)(=O)N(C)C)c2)CC1=O. The van der Waals surface area contributed by atoms with Crippen molar-refractivity contribution in [2.45, 2.75) is 25.2 Å². The Balaban J connectivity index is 1.80. The van der Waals surface area contributed by atoms with Crippen LogP contribution in [0.4, 0.5) is 11.4 Å². The molecule has 1 aliphatic rings. The minimum absolute atomic E-state index is 0.0671. The van der Waals surface area contributed by atoms with E-state index in [1.807, 2.05) is 19.1 Å². The van der Waals surface area contributed by atoms with E-state index in [0.29, 0.717) is 22.7 Å². The van der Waals surface area contributed by atoms with Gasteiger partial charge in [-0.2, -0.15) is 0 Å². The first-order valence-corrected chi connectivity index (χ1v) is 11.3. The smallest absolute Gasteiger partial charge is 0.242 e. The monoisotopic (exact) mass is 445 g/mol. The summed E-state index contributed by atoms with van der Waals surface area (Å²) in [6.07, 6.45) is 0.0671. The second-order valence-electron chi connectivity index (χ2n) is 7.84. The van der Waals surface area contributed by atoms with Crippen molar-refractivity contribution < 1.29 is 22.7 Å². The molecule has 1 saturated heterocycles. The number of hydrogen-bond acceptors (Lipinski definition) is 5. The summed E-state index contributed by atoms with van der Waals surface area (Å²) in [6.45, 7) is 3.84. The highest BCUT2D eigenvalue weighted by Gasteiger charge is 2.36. The highest BCUT2D eigenvalue weighted by molar-refractivity contribution is 7.89. The molecule has 31 heavy (non-hydrogen) atoms. The summed E-state index contributed by atoms with van der Waals surface area (Å²) in [6, 6.07) is 10.3. The third-order valence-corrected chi connectivity index (χ3v) is 7.29. The number of methoxy groups -OCH3 is 1. The van der Waals surface area contributed by atoms with Gasteiger partial charge in [-0.1, -0.05) is 12.1 Å². The van der Waals surface area contributed by atoms with E-state index < -0.39 is 15.9 Å². The number of carbonyl (C=O) groups is 2. The van der Waals surface area contributed by atoms with E-state index in [-0.39, 0.29) is 29.7 Å². The van der Waals surface area contributed by atoms with Gasteiger partial charge in [-0.05, 0) is 49.2 Å². The fourth-order valence-corrected chi connectivity index (χ4v) is 4.67. The number of anilines is 2. The standard InChI is InChI=1S/C22H27N3O5S/c1-14-6-9-19(30-5)18(10-14)25-13-16(11-21(25)26)22(27)23-17-8-7-15(2)20(12-17)31(28,29)24(3)4/h6-10,12,16H,11,13H2,1-5H3,(H,23,27). The molecular formula is C22H27N3O5S. The van der Waals surface area contributed by atoms with Crippen LogP contribution in [0.1, 0.15) is 17.5 Å². The second kappa shape index (κ2) is 8.68. The van der Waals surface area contributed by atoms with Gasteiger partial charge in [0.25, 0.3) is 0 Å². The van der Waals surface area contributed by atoms with Gasteiger partial charge in [-0.3, -0.25) is 9.59 Å². The Bertz CT molecular complexity index is 1130. The summed E-state index contributed by atoms with van der Waals surface area (Å²) in [7, 11) is 0.806. The van der Waals surface area contributed by atoms with Crippen LogP contribution < -0.4 is 15.0 Å². The van der Waals surface area contributed by atoms with Crippen molar-refractivity contribution >= 4 is 33.2 Å². The van der Waals surface area contributed by atoms with Crippen LogP contribution in [0, 0.1) is 19.8 Å². The number of carbonyl (C=O) groups excluding carboxylic acids is 2. The molecule has 0 radical (unpaired) electrons. The largest absolute Gasteiger partial charge is 0.495 e. The molecule has 1 heterocycles. The van der Waals surface area contributed by atoms with E-state index in [1.54, 1.807) is 30.0 Å². The van der Waals surface area contributed by atoms with Gasteiger partial charge in [0.05, 0.1) is 23.6 Å². The molecule has 1 fully saturated rings. The number of amides is 2. The van der Waals surface area contributed by atoms with Crippen molar-refractivity contribution in [2.75, 3.05) is 38.0 Å². The van der Waals surface area contributed by atoms with Gasteiger partial charge in [-0.25, -0.2) is 12.7 Å². The maximum Gasteiger partial charge on any atom is 0.242 e. The van der Waals surface area contributed by atoms with E-state index in [9.17, 15) is 18.0 Å². The lowest BCUT2D eigenvalue weighted by Crippen LogP contribution is -2.28. The molecule has 3 rings (SSSR count). The van der Waals surface area contributed by atoms with Crippen molar-refractivity contribution in [1.82, 2.24) is 4.31 Å². The van der Waals surface area contributed by atoms with Crippen LogP contribution in [0.5, 0.6) is 5.75 Å². The molecule has 2 amide bonds. The predicted octanol–water partition coefficient (Wildman–Crippen LogP) is 2.55. The zero-order chi connectivity index (χ0) is 22.9. The molecule has 2 aromatic rings. The number of sulfonamides is 1. The van der Waals surface area contributed by atoms with Crippen LogP contribution in [-0.4, -0.2) is 52.3 Å². The van der Waals surface area contributed by atoms with E-state index in [0.717, 1.165) is 9.87 Å². The predicted molar refractivity (Wildman–Crippen MR) is 119 cm³/mol. The molecule has 0 aliphatic carbocycles. The van der Waals surface area contributed by atoms with E-state index in [1.165, 1.54) is 27.3 Å². The fraction of sp³-hybridized carbons (Fsp3) is 0.364. The molecule has 1 unspecified atom stereocenters. The summed E-state index contributed by atoms with van der Waals surface area (Å²) in [5.74, 6) is -0.492. The first-order chi connectivity index (χ1) is 14.5. The Morgan fingerprint density at radius 2 is 1.87 bits per heavy atom. The summed E-state index contributed by atoms with van der Waals surface area (Å²) in [4.78, 5) is 27.2. The number of rotatable bonds is 6. The minimum atomic E-state index is -3.64. The molecule has 1 N–H and O–H groups in total. The van der Waals surface area contributed by atoms with Crippen LogP contribution in [0.3, 0.4) is 0 Å². The Labute approximate surface area is 182 Å². The number of hydrogen-bond donors (Lipinski definition) is 1. The fourth-order valence-electron chi connectivity index (χ4n) is 3.52. The molecule has 0 bridgehead atoms. The molecule has 9 heteroatoms. The van der Waals surface area contributed by atoms with Crippen LogP contribution in [0.15, 0.2) is 41.3 Å². The first-order valence-electron chi connectivity index (χ1n) is 9.83. The molecule has 8 nitrogen and oxygen atoms in total. The molecule has 0 saturated carbocycles. The second-order valence-corrected chi connectivity index (χ2v) is 9.96. The Morgan fingerprint density at radius 3 is 2.52 bits per heavy atom. The zero-order valence-electron chi connectivity index (χ0n) is 18.3. The van der Waals surface area contributed by atoms with Crippen LogP contribution in [-0.2, 0) is 19.6 Å². The highest BCUT2D eigenvalue weighted by Crippen LogP contribution is 2.34. The molecule has 166 valence electrons. The van der Waals surface area contributed by atoms with Crippen molar-refractivity contribution in [2.24, 2.45) is 5.92 Å². The molecule has 0 spiro atoms. The lowest BCUT2D eigenvalue weighted by atomic mass is 10.1. The zero-order valence-corrected chi connectivity index (χ0v) is 19.1. The molecule has 1 aliphatic heterocycles. The van der Waals surface area contributed by atoms with Crippen molar-refractivity contribution in [1.29, 1.82) is 0 Å². The minimum Gasteiger partial charge on any atom is -0.495 e. The number of aryl methyl sites for hydroxylation is 2.